The summed E-state index contributed by atoms with van der Waals surface area (Å²) in [6.45, 7) is 12.0. The van der Waals surface area contributed by atoms with E-state index >= 15 is 0 Å². The van der Waals surface area contributed by atoms with Crippen molar-refractivity contribution < 1.29 is 0 Å². The monoisotopic (exact) mass is 165 g/mol. The number of allylic oxidation sites excluding steroid dienone is 2. The maximum absolute atomic E-state index is 3.95. The minimum Gasteiger partial charge on any atom is -0.435 e. The first-order chi connectivity index (χ1) is 5.66. The fourth-order valence-corrected chi connectivity index (χ4v) is 0.994. The van der Waals surface area contributed by atoms with Gasteiger partial charge in [-0.25, -0.2) is 0 Å². The normalized spacial score (nSPS) is 9.17. The van der Waals surface area contributed by atoms with Gasteiger partial charge >= 0.3 is 0 Å². The van der Waals surface area contributed by atoms with E-state index in [2.05, 4.69) is 32.2 Å². The van der Waals surface area contributed by atoms with E-state index in [1.807, 2.05) is 0 Å². The van der Waals surface area contributed by atoms with Gasteiger partial charge < -0.3 is 5.23 Å². The predicted molar refractivity (Wildman–Crippen MR) is 58.6 cm³/mol. The third kappa shape index (κ3) is 7.45. The highest BCUT2D eigenvalue weighted by molar-refractivity contribution is 6.32. The molecule has 0 unspecified atom stereocenters. The van der Waals surface area contributed by atoms with Crippen molar-refractivity contribution in [1.82, 2.24) is 5.23 Å². The number of nitrogens with one attached hydrogen (secondary N) is 1. The van der Waals surface area contributed by atoms with Gasteiger partial charge in [0.25, 0.3) is 0 Å². The molecule has 0 aromatic heterocycles. The third-order valence-electron chi connectivity index (χ3n) is 1.71. The smallest absolute Gasteiger partial charge is 0.232 e. The molecule has 12 heavy (non-hydrogen) atoms. The van der Waals surface area contributed by atoms with Gasteiger partial charge in [0.05, 0.1) is 0 Å². The van der Waals surface area contributed by atoms with Crippen LogP contribution in [0.3, 0.4) is 0 Å². The highest BCUT2D eigenvalue weighted by Gasteiger charge is 1.93. The van der Waals surface area contributed by atoms with Crippen molar-refractivity contribution in [3.63, 3.8) is 0 Å². The molecule has 0 atom stereocenters. The Balaban J connectivity index is 3.25. The van der Waals surface area contributed by atoms with Crippen LogP contribution in [-0.4, -0.2) is 7.41 Å². The van der Waals surface area contributed by atoms with Crippen molar-refractivity contribution in [2.45, 2.75) is 39.4 Å². The zero-order valence-electron chi connectivity index (χ0n) is 8.45. The molecular weight excluding hydrogens is 145 g/mol. The number of hydrogen-bond acceptors (Lipinski definition) is 1. The molecule has 0 rings (SSSR count). The maximum atomic E-state index is 3.95. The first kappa shape index (κ1) is 11.3. The lowest BCUT2D eigenvalue weighted by Crippen LogP contribution is -2.16. The zero-order valence-corrected chi connectivity index (χ0v) is 8.45. The average Bonchev–Trinajstić information content (AvgIpc) is 2.00. The van der Waals surface area contributed by atoms with Crippen molar-refractivity contribution in [2.75, 3.05) is 0 Å². The molecule has 1 nitrogen and oxygen atoms in total. The van der Waals surface area contributed by atoms with E-state index in [-0.39, 0.29) is 0 Å². The summed E-state index contributed by atoms with van der Waals surface area (Å²) in [4.78, 5) is 0. The van der Waals surface area contributed by atoms with Crippen LogP contribution in [-0.2, 0) is 0 Å². The molecule has 0 aromatic rings. The molecule has 0 aliphatic rings. The quantitative estimate of drug-likeness (QED) is 0.451. The van der Waals surface area contributed by atoms with E-state index in [9.17, 15) is 0 Å². The Labute approximate surface area is 77.2 Å². The Morgan fingerprint density at radius 1 is 1.33 bits per heavy atom. The van der Waals surface area contributed by atoms with Crippen molar-refractivity contribution >= 4 is 7.41 Å². The molecule has 0 aliphatic carbocycles. The minimum absolute atomic E-state index is 1.05. The largest absolute Gasteiger partial charge is 0.435 e. The first-order valence-electron chi connectivity index (χ1n) is 4.72. The van der Waals surface area contributed by atoms with Gasteiger partial charge in [0.2, 0.25) is 7.41 Å². The fourth-order valence-electron chi connectivity index (χ4n) is 0.994. The van der Waals surface area contributed by atoms with Gasteiger partial charge in [0.1, 0.15) is 0 Å². The van der Waals surface area contributed by atoms with Crippen LogP contribution in [0.25, 0.3) is 0 Å². The molecule has 0 amide bonds. The summed E-state index contributed by atoms with van der Waals surface area (Å²) in [6, 6.07) is 0. The summed E-state index contributed by atoms with van der Waals surface area (Å²) in [7, 11) is 1.05. The van der Waals surface area contributed by atoms with E-state index < -0.39 is 0 Å². The predicted octanol–water partition coefficient (Wildman–Crippen LogP) is 2.63. The molecule has 0 spiro atoms. The van der Waals surface area contributed by atoms with Gasteiger partial charge in [-0.1, -0.05) is 25.4 Å². The van der Waals surface area contributed by atoms with Crippen LogP contribution in [0.1, 0.15) is 33.1 Å². The lowest BCUT2D eigenvalue weighted by atomic mass is 9.90. The lowest BCUT2D eigenvalue weighted by molar-refractivity contribution is 0.786. The average molecular weight is 165 g/mol. The SMILES string of the molecule is C=C(C)CCCC(=C)NBCC. The van der Waals surface area contributed by atoms with Gasteiger partial charge in [0.15, 0.2) is 0 Å². The second-order valence-electron chi connectivity index (χ2n) is 3.34. The summed E-state index contributed by atoms with van der Waals surface area (Å²) in [6.07, 6.45) is 4.53. The first-order valence-corrected chi connectivity index (χ1v) is 4.72. The summed E-state index contributed by atoms with van der Waals surface area (Å²) in [5.74, 6) is 0. The Hall–Kier alpha value is -0.655. The zero-order chi connectivity index (χ0) is 9.40. The summed E-state index contributed by atoms with van der Waals surface area (Å²) >= 11 is 0. The van der Waals surface area contributed by atoms with Crippen LogP contribution < -0.4 is 5.23 Å². The second kappa shape index (κ2) is 7.02. The molecule has 0 fully saturated rings. The molecule has 68 valence electrons. The van der Waals surface area contributed by atoms with E-state index in [1.54, 1.807) is 0 Å². The molecule has 2 heteroatoms. The van der Waals surface area contributed by atoms with E-state index in [0.29, 0.717) is 0 Å². The molecular formula is C10H20BN. The second-order valence-corrected chi connectivity index (χ2v) is 3.34. The van der Waals surface area contributed by atoms with E-state index in [1.165, 1.54) is 18.3 Å². The Morgan fingerprint density at radius 2 is 2.00 bits per heavy atom. The molecule has 0 saturated carbocycles. The van der Waals surface area contributed by atoms with Gasteiger partial charge in [-0.3, -0.25) is 0 Å². The van der Waals surface area contributed by atoms with Crippen molar-refractivity contribution in [3.05, 3.63) is 24.4 Å². The van der Waals surface area contributed by atoms with Crippen LogP contribution >= 0.6 is 0 Å². The highest BCUT2D eigenvalue weighted by atomic mass is 14.8. The number of rotatable bonds is 7. The molecule has 0 aromatic carbocycles. The van der Waals surface area contributed by atoms with Gasteiger partial charge in [-0.05, 0) is 31.9 Å². The Bertz CT molecular complexity index is 152. The lowest BCUT2D eigenvalue weighted by Gasteiger charge is -2.06. The molecule has 0 bridgehead atoms. The number of hydrogen-bond donors (Lipinski definition) is 1. The minimum atomic E-state index is 1.05. The van der Waals surface area contributed by atoms with Crippen LogP contribution in [0.4, 0.5) is 0 Å². The van der Waals surface area contributed by atoms with Crippen molar-refractivity contribution in [3.8, 4) is 0 Å². The maximum Gasteiger partial charge on any atom is 0.232 e. The summed E-state index contributed by atoms with van der Waals surface area (Å²) < 4.78 is 0. The molecule has 1 N–H and O–H groups in total. The fraction of sp³-hybridized carbons (Fsp3) is 0.600. The van der Waals surface area contributed by atoms with Gasteiger partial charge in [0, 0.05) is 0 Å². The van der Waals surface area contributed by atoms with Crippen molar-refractivity contribution in [2.24, 2.45) is 0 Å². The molecule has 0 heterocycles. The Morgan fingerprint density at radius 3 is 2.50 bits per heavy atom. The van der Waals surface area contributed by atoms with Crippen LogP contribution in [0.2, 0.25) is 6.32 Å². The Kier molecular flexibility index (Phi) is 6.64. The van der Waals surface area contributed by atoms with Gasteiger partial charge in [-0.2, -0.15) is 0 Å². The molecule has 0 saturated heterocycles. The third-order valence-corrected chi connectivity index (χ3v) is 1.71. The standard InChI is InChI=1S/C10H20BN/c1-5-11-12-10(4)8-6-7-9(2)3/h11-12H,2,4-8H2,1,3H3. The van der Waals surface area contributed by atoms with Gasteiger partial charge in [-0.15, -0.1) is 6.58 Å². The topological polar surface area (TPSA) is 12.0 Å². The van der Waals surface area contributed by atoms with E-state index in [4.69, 9.17) is 0 Å². The summed E-state index contributed by atoms with van der Waals surface area (Å²) in [5, 5.41) is 3.28. The van der Waals surface area contributed by atoms with E-state index in [0.717, 1.165) is 26.0 Å². The molecule has 0 radical (unpaired) electrons. The van der Waals surface area contributed by atoms with Crippen LogP contribution in [0.5, 0.6) is 0 Å². The highest BCUT2D eigenvalue weighted by Crippen LogP contribution is 2.06. The van der Waals surface area contributed by atoms with Crippen LogP contribution in [0.15, 0.2) is 24.4 Å². The molecule has 0 aliphatic heterocycles. The van der Waals surface area contributed by atoms with Crippen LogP contribution in [0, 0.1) is 0 Å². The van der Waals surface area contributed by atoms with Crippen molar-refractivity contribution in [1.29, 1.82) is 0 Å². The summed E-state index contributed by atoms with van der Waals surface area (Å²) in [5.41, 5.74) is 2.43.